The predicted molar refractivity (Wildman–Crippen MR) is 70.1 cm³/mol. The number of hydrogen-bond acceptors (Lipinski definition) is 3. The maximum atomic E-state index is 9.19. The van der Waals surface area contributed by atoms with Crippen molar-refractivity contribution in [3.63, 3.8) is 0 Å². The first-order valence-electron chi connectivity index (χ1n) is 5.59. The fraction of sp³-hybridized carbons (Fsp3) is 0.308. The lowest BCUT2D eigenvalue weighted by Crippen LogP contribution is -2.20. The highest BCUT2D eigenvalue weighted by Crippen LogP contribution is 2.26. The molecule has 90 valence electrons. The van der Waals surface area contributed by atoms with E-state index in [2.05, 4.69) is 4.98 Å². The van der Waals surface area contributed by atoms with Crippen molar-refractivity contribution in [1.82, 2.24) is 4.98 Å². The average Bonchev–Trinajstić information content (AvgIpc) is 2.38. The Morgan fingerprint density at radius 1 is 1.35 bits per heavy atom. The molecule has 4 heteroatoms. The Hall–Kier alpha value is -1.16. The largest absolute Gasteiger partial charge is 0.396 e. The number of rotatable bonds is 4. The van der Waals surface area contributed by atoms with E-state index in [1.54, 1.807) is 6.20 Å². The Labute approximate surface area is 105 Å². The van der Waals surface area contributed by atoms with Gasteiger partial charge in [-0.05, 0) is 42.6 Å². The summed E-state index contributed by atoms with van der Waals surface area (Å²) in [6.45, 7) is 0.556. The van der Waals surface area contributed by atoms with Gasteiger partial charge < -0.3 is 10.8 Å². The number of hydrogen-bond donors (Lipinski definition) is 2. The second-order valence-electron chi connectivity index (χ2n) is 4.09. The third-order valence-corrected chi connectivity index (χ3v) is 3.23. The van der Waals surface area contributed by atoms with Crippen LogP contribution in [-0.2, 0) is 6.42 Å². The summed E-state index contributed by atoms with van der Waals surface area (Å²) in [6.07, 6.45) is 2.47. The molecule has 1 aromatic heterocycles. The highest BCUT2D eigenvalue weighted by Gasteiger charge is 2.11. The molecule has 0 saturated carbocycles. The first-order chi connectivity index (χ1) is 8.26. The summed E-state index contributed by atoms with van der Waals surface area (Å²) >= 11 is 6.12. The van der Waals surface area contributed by atoms with Crippen LogP contribution in [0.15, 0.2) is 30.5 Å². The molecule has 0 radical (unpaired) electrons. The number of halogens is 1. The first kappa shape index (κ1) is 12.3. The Morgan fingerprint density at radius 2 is 2.18 bits per heavy atom. The van der Waals surface area contributed by atoms with Crippen LogP contribution in [0, 0.1) is 5.92 Å². The predicted octanol–water partition coefficient (Wildman–Crippen LogP) is 2.00. The maximum absolute atomic E-state index is 9.19. The van der Waals surface area contributed by atoms with Gasteiger partial charge in [-0.15, -0.1) is 0 Å². The van der Waals surface area contributed by atoms with E-state index in [9.17, 15) is 5.11 Å². The Morgan fingerprint density at radius 3 is 2.88 bits per heavy atom. The van der Waals surface area contributed by atoms with Crippen molar-refractivity contribution in [2.75, 3.05) is 13.2 Å². The quantitative estimate of drug-likeness (QED) is 0.873. The van der Waals surface area contributed by atoms with Gasteiger partial charge in [0.1, 0.15) is 0 Å². The molecule has 2 rings (SSSR count). The molecular weight excluding hydrogens is 236 g/mol. The van der Waals surface area contributed by atoms with Gasteiger partial charge in [0.15, 0.2) is 0 Å². The van der Waals surface area contributed by atoms with Crippen LogP contribution >= 0.6 is 11.6 Å². The van der Waals surface area contributed by atoms with Crippen molar-refractivity contribution in [2.24, 2.45) is 11.7 Å². The van der Waals surface area contributed by atoms with E-state index in [0.717, 1.165) is 22.9 Å². The van der Waals surface area contributed by atoms with Gasteiger partial charge in [0, 0.05) is 23.2 Å². The molecule has 0 aliphatic rings. The standard InChI is InChI=1S/C13H15ClN2O/c14-12-4-3-10(6-9(7-15)8-17)13-11(12)2-1-5-16-13/h1-5,9,17H,6-8,15H2. The third kappa shape index (κ3) is 2.57. The number of pyridine rings is 1. The molecule has 0 amide bonds. The van der Waals surface area contributed by atoms with Gasteiger partial charge in [0.25, 0.3) is 0 Å². The number of aliphatic hydroxyl groups is 1. The molecule has 1 heterocycles. The monoisotopic (exact) mass is 250 g/mol. The number of aromatic nitrogens is 1. The van der Waals surface area contributed by atoms with Crippen molar-refractivity contribution < 1.29 is 5.11 Å². The van der Waals surface area contributed by atoms with Crippen LogP contribution in [-0.4, -0.2) is 23.2 Å². The summed E-state index contributed by atoms with van der Waals surface area (Å²) in [7, 11) is 0. The van der Waals surface area contributed by atoms with Gasteiger partial charge in [-0.1, -0.05) is 17.7 Å². The lowest BCUT2D eigenvalue weighted by molar-refractivity contribution is 0.230. The molecule has 1 atom stereocenters. The van der Waals surface area contributed by atoms with E-state index in [0.29, 0.717) is 11.6 Å². The molecule has 17 heavy (non-hydrogen) atoms. The number of fused-ring (bicyclic) bond motifs is 1. The minimum absolute atomic E-state index is 0.0707. The SMILES string of the molecule is NCC(CO)Cc1ccc(Cl)c2cccnc12. The first-order valence-corrected chi connectivity index (χ1v) is 5.97. The summed E-state index contributed by atoms with van der Waals surface area (Å²) in [4.78, 5) is 4.36. The Balaban J connectivity index is 2.44. The average molecular weight is 251 g/mol. The van der Waals surface area contributed by atoms with Crippen molar-refractivity contribution in [1.29, 1.82) is 0 Å². The second-order valence-corrected chi connectivity index (χ2v) is 4.50. The lowest BCUT2D eigenvalue weighted by Gasteiger charge is -2.13. The Bertz CT molecular complexity index is 512. The van der Waals surface area contributed by atoms with Gasteiger partial charge in [-0.3, -0.25) is 4.98 Å². The fourth-order valence-corrected chi connectivity index (χ4v) is 2.11. The van der Waals surface area contributed by atoms with Gasteiger partial charge in [0.2, 0.25) is 0 Å². The molecule has 1 aromatic carbocycles. The molecule has 2 aromatic rings. The van der Waals surface area contributed by atoms with E-state index in [1.807, 2.05) is 24.3 Å². The number of aliphatic hydroxyl groups excluding tert-OH is 1. The normalized spacial score (nSPS) is 12.9. The summed E-state index contributed by atoms with van der Waals surface area (Å²) < 4.78 is 0. The van der Waals surface area contributed by atoms with E-state index in [4.69, 9.17) is 17.3 Å². The lowest BCUT2D eigenvalue weighted by atomic mass is 9.98. The topological polar surface area (TPSA) is 59.1 Å². The van der Waals surface area contributed by atoms with E-state index in [-0.39, 0.29) is 12.5 Å². The highest BCUT2D eigenvalue weighted by molar-refractivity contribution is 6.35. The molecular formula is C13H15ClN2O. The molecule has 3 N–H and O–H groups in total. The Kier molecular flexibility index (Phi) is 3.94. The van der Waals surface area contributed by atoms with E-state index >= 15 is 0 Å². The fourth-order valence-electron chi connectivity index (χ4n) is 1.89. The van der Waals surface area contributed by atoms with Gasteiger partial charge in [-0.2, -0.15) is 0 Å². The zero-order valence-electron chi connectivity index (χ0n) is 9.44. The van der Waals surface area contributed by atoms with Crippen molar-refractivity contribution in [3.05, 3.63) is 41.0 Å². The molecule has 0 aliphatic carbocycles. The van der Waals surface area contributed by atoms with Crippen molar-refractivity contribution in [2.45, 2.75) is 6.42 Å². The molecule has 3 nitrogen and oxygen atoms in total. The summed E-state index contributed by atoms with van der Waals surface area (Å²) in [6, 6.07) is 7.64. The van der Waals surface area contributed by atoms with Crippen molar-refractivity contribution in [3.8, 4) is 0 Å². The maximum Gasteiger partial charge on any atom is 0.0748 e. The van der Waals surface area contributed by atoms with Gasteiger partial charge in [-0.25, -0.2) is 0 Å². The van der Waals surface area contributed by atoms with Gasteiger partial charge in [0.05, 0.1) is 5.52 Å². The van der Waals surface area contributed by atoms with Crippen molar-refractivity contribution >= 4 is 22.5 Å². The van der Waals surface area contributed by atoms with Gasteiger partial charge >= 0.3 is 0 Å². The summed E-state index contributed by atoms with van der Waals surface area (Å²) in [5.41, 5.74) is 7.57. The molecule has 0 spiro atoms. The van der Waals surface area contributed by atoms with Crippen LogP contribution in [0.5, 0.6) is 0 Å². The van der Waals surface area contributed by atoms with Crippen LogP contribution in [0.4, 0.5) is 0 Å². The van der Waals surface area contributed by atoms with E-state index in [1.165, 1.54) is 0 Å². The smallest absolute Gasteiger partial charge is 0.0748 e. The summed E-state index contributed by atoms with van der Waals surface area (Å²) in [5.74, 6) is 0.0707. The van der Waals surface area contributed by atoms with E-state index < -0.39 is 0 Å². The van der Waals surface area contributed by atoms with Crippen LogP contribution in [0.3, 0.4) is 0 Å². The second kappa shape index (κ2) is 5.45. The number of nitrogens with zero attached hydrogens (tertiary/aromatic N) is 1. The summed E-state index contributed by atoms with van der Waals surface area (Å²) in [5, 5.41) is 10.8. The zero-order chi connectivity index (χ0) is 12.3. The molecule has 1 unspecified atom stereocenters. The van der Waals surface area contributed by atoms with Crippen LogP contribution in [0.25, 0.3) is 10.9 Å². The molecule has 0 fully saturated rings. The van der Waals surface area contributed by atoms with Crippen LogP contribution < -0.4 is 5.73 Å². The number of nitrogens with two attached hydrogens (primary N) is 1. The minimum atomic E-state index is 0.0707. The number of benzene rings is 1. The molecule has 0 bridgehead atoms. The molecule has 0 aliphatic heterocycles. The van der Waals surface area contributed by atoms with Crippen LogP contribution in [0.2, 0.25) is 5.02 Å². The third-order valence-electron chi connectivity index (χ3n) is 2.90. The minimum Gasteiger partial charge on any atom is -0.396 e. The molecule has 0 saturated heterocycles. The zero-order valence-corrected chi connectivity index (χ0v) is 10.2. The van der Waals surface area contributed by atoms with Crippen LogP contribution in [0.1, 0.15) is 5.56 Å². The highest BCUT2D eigenvalue weighted by atomic mass is 35.5.